The minimum atomic E-state index is -3.45. The molecule has 1 nitrogen and oxygen atoms in total. The molecule has 0 radical (unpaired) electrons. The van der Waals surface area contributed by atoms with Gasteiger partial charge in [-0.15, -0.1) is 0 Å². The van der Waals surface area contributed by atoms with Gasteiger partial charge in [0.25, 0.3) is 6.43 Å². The zero-order valence-electron chi connectivity index (χ0n) is 4.70. The third kappa shape index (κ3) is 7.68. The average molecular weight is 146 g/mol. The maximum atomic E-state index is 11.5. The van der Waals surface area contributed by atoms with Gasteiger partial charge >= 0.3 is 6.11 Å². The predicted molar refractivity (Wildman–Crippen MR) is 22.6 cm³/mol. The van der Waals surface area contributed by atoms with Gasteiger partial charge in [-0.2, -0.15) is 8.78 Å². The highest BCUT2D eigenvalue weighted by molar-refractivity contribution is 4.40. The van der Waals surface area contributed by atoms with Gasteiger partial charge in [-0.3, -0.25) is 0 Å². The van der Waals surface area contributed by atoms with E-state index >= 15 is 0 Å². The van der Waals surface area contributed by atoms with Crippen molar-refractivity contribution in [1.29, 1.82) is 0 Å². The third-order valence-electron chi connectivity index (χ3n) is 0.463. The number of ether oxygens (including phenoxy) is 1. The molecule has 9 heavy (non-hydrogen) atoms. The molecule has 0 saturated carbocycles. The maximum Gasteiger partial charge on any atom is 0.353 e. The fourth-order valence-electron chi connectivity index (χ4n) is 0.209. The number of halogens is 4. The average Bonchev–Trinajstić information content (AvgIpc) is 1.59. The summed E-state index contributed by atoms with van der Waals surface area (Å²) in [7, 11) is 0. The highest BCUT2D eigenvalue weighted by Crippen LogP contribution is 2.13. The molecule has 0 aliphatic heterocycles. The monoisotopic (exact) mass is 146 g/mol. The minimum Gasteiger partial charge on any atom is -0.315 e. The van der Waals surface area contributed by atoms with E-state index in [0.29, 0.717) is 6.92 Å². The normalized spacial score (nSPS) is 12.7. The molecule has 0 aliphatic carbocycles. The summed E-state index contributed by atoms with van der Waals surface area (Å²) < 4.78 is 48.7. The lowest BCUT2D eigenvalue weighted by molar-refractivity contribution is -0.238. The van der Waals surface area contributed by atoms with Crippen LogP contribution in [0.2, 0.25) is 0 Å². The van der Waals surface area contributed by atoms with Crippen molar-refractivity contribution in [2.75, 3.05) is 6.61 Å². The standard InChI is InChI=1S/C4H6F4O/c1-4(7,8)9-2-3(5)6/h3H,2H2,1H3. The van der Waals surface area contributed by atoms with E-state index in [1.807, 2.05) is 0 Å². The fraction of sp³-hybridized carbons (Fsp3) is 1.00. The Hall–Kier alpha value is -0.320. The van der Waals surface area contributed by atoms with Gasteiger partial charge in [-0.25, -0.2) is 8.78 Å². The summed E-state index contributed by atoms with van der Waals surface area (Å²) in [6.07, 6.45) is -6.29. The van der Waals surface area contributed by atoms with Crippen molar-refractivity contribution in [1.82, 2.24) is 0 Å². The maximum absolute atomic E-state index is 11.5. The molecule has 0 amide bonds. The van der Waals surface area contributed by atoms with Gasteiger partial charge < -0.3 is 4.74 Å². The second-order valence-electron chi connectivity index (χ2n) is 1.51. The second kappa shape index (κ2) is 3.00. The minimum absolute atomic E-state index is 0.412. The zero-order chi connectivity index (χ0) is 7.49. The van der Waals surface area contributed by atoms with Crippen molar-refractivity contribution in [3.63, 3.8) is 0 Å². The summed E-state index contributed by atoms with van der Waals surface area (Å²) in [5.41, 5.74) is 0. The lowest BCUT2D eigenvalue weighted by Crippen LogP contribution is -2.19. The van der Waals surface area contributed by atoms with Crippen LogP contribution in [0.3, 0.4) is 0 Å². The van der Waals surface area contributed by atoms with Crippen LogP contribution < -0.4 is 0 Å². The molecule has 0 N–H and O–H groups in total. The van der Waals surface area contributed by atoms with Crippen LogP contribution in [0, 0.1) is 0 Å². The van der Waals surface area contributed by atoms with Crippen LogP contribution in [0.5, 0.6) is 0 Å². The van der Waals surface area contributed by atoms with E-state index in [0.717, 1.165) is 0 Å². The van der Waals surface area contributed by atoms with Crippen molar-refractivity contribution >= 4 is 0 Å². The lowest BCUT2D eigenvalue weighted by Gasteiger charge is -2.09. The van der Waals surface area contributed by atoms with Gasteiger partial charge in [-0.05, 0) is 0 Å². The van der Waals surface area contributed by atoms with Gasteiger partial charge in [0.05, 0.1) is 0 Å². The summed E-state index contributed by atoms with van der Waals surface area (Å²) in [6, 6.07) is 0. The topological polar surface area (TPSA) is 9.23 Å². The molecule has 0 fully saturated rings. The first-order chi connectivity index (χ1) is 3.92. The Balaban J connectivity index is 3.28. The number of rotatable bonds is 3. The van der Waals surface area contributed by atoms with E-state index in [2.05, 4.69) is 4.74 Å². The first-order valence-electron chi connectivity index (χ1n) is 2.22. The number of hydrogen-bond donors (Lipinski definition) is 0. The molecule has 56 valence electrons. The molecule has 0 saturated heterocycles. The fourth-order valence-corrected chi connectivity index (χ4v) is 0.209. The summed E-state index contributed by atoms with van der Waals surface area (Å²) >= 11 is 0. The van der Waals surface area contributed by atoms with Crippen molar-refractivity contribution < 1.29 is 22.3 Å². The molecule has 0 heterocycles. The smallest absolute Gasteiger partial charge is 0.315 e. The van der Waals surface area contributed by atoms with E-state index in [-0.39, 0.29) is 0 Å². The Labute approximate surface area is 49.6 Å². The van der Waals surface area contributed by atoms with Gasteiger partial charge in [0.1, 0.15) is 6.61 Å². The largest absolute Gasteiger partial charge is 0.353 e. The van der Waals surface area contributed by atoms with Crippen LogP contribution >= 0.6 is 0 Å². The summed E-state index contributed by atoms with van der Waals surface area (Å²) in [6.45, 7) is -0.807. The van der Waals surface area contributed by atoms with Crippen LogP contribution in [-0.2, 0) is 4.74 Å². The van der Waals surface area contributed by atoms with Crippen molar-refractivity contribution in [3.05, 3.63) is 0 Å². The second-order valence-corrected chi connectivity index (χ2v) is 1.51. The molecule has 0 bridgehead atoms. The first-order valence-corrected chi connectivity index (χ1v) is 2.22. The highest BCUT2D eigenvalue weighted by atomic mass is 19.3. The molecule has 0 aromatic rings. The Bertz CT molecular complexity index is 77.1. The zero-order valence-corrected chi connectivity index (χ0v) is 4.70. The van der Waals surface area contributed by atoms with E-state index < -0.39 is 19.1 Å². The van der Waals surface area contributed by atoms with E-state index in [1.165, 1.54) is 0 Å². The van der Waals surface area contributed by atoms with Crippen molar-refractivity contribution in [2.24, 2.45) is 0 Å². The molecule has 0 atom stereocenters. The highest BCUT2D eigenvalue weighted by Gasteiger charge is 2.23. The SMILES string of the molecule is CC(F)(F)OCC(F)F. The van der Waals surface area contributed by atoms with Crippen LogP contribution in [0.4, 0.5) is 17.6 Å². The van der Waals surface area contributed by atoms with Gasteiger partial charge in [0, 0.05) is 6.92 Å². The number of hydrogen-bond acceptors (Lipinski definition) is 1. The molecule has 0 unspecified atom stereocenters. The van der Waals surface area contributed by atoms with Gasteiger partial charge in [0.15, 0.2) is 0 Å². The number of alkyl halides is 4. The molecular weight excluding hydrogens is 140 g/mol. The molecule has 0 spiro atoms. The summed E-state index contributed by atoms with van der Waals surface area (Å²) in [5.74, 6) is 0. The quantitative estimate of drug-likeness (QED) is 0.552. The molecule has 0 aromatic heterocycles. The van der Waals surface area contributed by atoms with E-state index in [1.54, 1.807) is 0 Å². The lowest BCUT2D eigenvalue weighted by atomic mass is 10.7. The van der Waals surface area contributed by atoms with Crippen LogP contribution in [0.15, 0.2) is 0 Å². The van der Waals surface area contributed by atoms with Crippen LogP contribution in [0.25, 0.3) is 0 Å². The van der Waals surface area contributed by atoms with E-state index in [4.69, 9.17) is 0 Å². The predicted octanol–water partition coefficient (Wildman–Crippen LogP) is 1.88. The van der Waals surface area contributed by atoms with E-state index in [9.17, 15) is 17.6 Å². The summed E-state index contributed by atoms with van der Waals surface area (Å²) in [4.78, 5) is 0. The Morgan fingerprint density at radius 3 is 2.00 bits per heavy atom. The molecule has 0 aromatic carbocycles. The summed E-state index contributed by atoms with van der Waals surface area (Å²) in [5, 5.41) is 0. The Morgan fingerprint density at radius 1 is 1.44 bits per heavy atom. The van der Waals surface area contributed by atoms with Crippen molar-refractivity contribution in [3.8, 4) is 0 Å². The molecule has 0 rings (SSSR count). The molecular formula is C4H6F4O. The Kier molecular flexibility index (Phi) is 2.90. The first kappa shape index (κ1) is 8.68. The third-order valence-corrected chi connectivity index (χ3v) is 0.463. The van der Waals surface area contributed by atoms with Gasteiger partial charge in [0.2, 0.25) is 0 Å². The van der Waals surface area contributed by atoms with Crippen molar-refractivity contribution in [2.45, 2.75) is 19.5 Å². The van der Waals surface area contributed by atoms with Crippen LogP contribution in [-0.4, -0.2) is 19.1 Å². The van der Waals surface area contributed by atoms with Gasteiger partial charge in [-0.1, -0.05) is 0 Å². The Morgan fingerprint density at radius 2 is 1.89 bits per heavy atom. The molecule has 5 heteroatoms. The van der Waals surface area contributed by atoms with Crippen LogP contribution in [0.1, 0.15) is 6.92 Å². The molecule has 0 aliphatic rings.